The van der Waals surface area contributed by atoms with Crippen molar-refractivity contribution in [3.05, 3.63) is 22.2 Å². The van der Waals surface area contributed by atoms with E-state index < -0.39 is 0 Å². The Kier molecular flexibility index (Phi) is 2.85. The lowest BCUT2D eigenvalue weighted by atomic mass is 10.2. The predicted molar refractivity (Wildman–Crippen MR) is 65.6 cm³/mol. The number of halogens is 1. The van der Waals surface area contributed by atoms with Crippen LogP contribution in [0.2, 0.25) is 0 Å². The van der Waals surface area contributed by atoms with Crippen molar-refractivity contribution in [2.75, 3.05) is 13.2 Å². The second-order valence-corrected chi connectivity index (χ2v) is 4.96. The smallest absolute Gasteiger partial charge is 0.119 e. The molecular weight excluding hydrogens is 286 g/mol. The topological polar surface area (TPSA) is 60.2 Å². The highest BCUT2D eigenvalue weighted by Gasteiger charge is 2.22. The summed E-state index contributed by atoms with van der Waals surface area (Å²) in [5.41, 5.74) is 2.49. The number of ether oxygens (including phenoxy) is 1. The van der Waals surface area contributed by atoms with Crippen molar-refractivity contribution in [1.29, 1.82) is 0 Å². The summed E-state index contributed by atoms with van der Waals surface area (Å²) in [4.78, 5) is 0. The van der Waals surface area contributed by atoms with E-state index in [9.17, 15) is 5.11 Å². The van der Waals surface area contributed by atoms with Crippen molar-refractivity contribution in [3.8, 4) is 0 Å². The molecule has 0 radical (unpaired) electrons. The molecule has 1 unspecified atom stereocenters. The summed E-state index contributed by atoms with van der Waals surface area (Å²) in [7, 11) is 0. The number of hydrogen-bond donors (Lipinski definition) is 1. The molecule has 0 saturated carbocycles. The average Bonchev–Trinajstić information content (AvgIpc) is 2.96. The molecule has 1 fully saturated rings. The summed E-state index contributed by atoms with van der Waals surface area (Å²) in [6.45, 7) is 1.41. The Hall–Kier alpha value is -0.980. The molecule has 5 nitrogen and oxygen atoms in total. The molecule has 1 aliphatic heterocycles. The van der Waals surface area contributed by atoms with Gasteiger partial charge in [-0.05, 0) is 18.6 Å². The van der Waals surface area contributed by atoms with Crippen molar-refractivity contribution in [1.82, 2.24) is 15.0 Å². The maximum Gasteiger partial charge on any atom is 0.119 e. The molecular formula is C11H12BrN3O2. The van der Waals surface area contributed by atoms with Crippen LogP contribution in [-0.4, -0.2) is 33.3 Å². The predicted octanol–water partition coefficient (Wildman–Crippen LogP) is 1.65. The number of hydrogen-bond acceptors (Lipinski definition) is 4. The minimum atomic E-state index is -0.0439. The van der Waals surface area contributed by atoms with Crippen LogP contribution < -0.4 is 0 Å². The first-order valence-corrected chi connectivity index (χ1v) is 6.31. The van der Waals surface area contributed by atoms with E-state index in [-0.39, 0.29) is 12.6 Å². The van der Waals surface area contributed by atoms with Gasteiger partial charge in [0.15, 0.2) is 0 Å². The molecule has 2 heterocycles. The van der Waals surface area contributed by atoms with Crippen LogP contribution in [0.15, 0.2) is 16.6 Å². The zero-order valence-electron chi connectivity index (χ0n) is 9.14. The normalized spacial score (nSPS) is 20.2. The first-order valence-electron chi connectivity index (χ1n) is 5.52. The molecule has 1 atom stereocenters. The zero-order valence-corrected chi connectivity index (χ0v) is 10.7. The number of aliphatic hydroxyl groups is 1. The molecule has 2 aromatic rings. The van der Waals surface area contributed by atoms with Crippen molar-refractivity contribution in [2.45, 2.75) is 19.1 Å². The summed E-state index contributed by atoms with van der Waals surface area (Å²) in [5, 5.41) is 17.7. The highest BCUT2D eigenvalue weighted by Crippen LogP contribution is 2.28. The van der Waals surface area contributed by atoms with E-state index in [4.69, 9.17) is 4.74 Å². The van der Waals surface area contributed by atoms with Crippen molar-refractivity contribution in [2.24, 2.45) is 0 Å². The van der Waals surface area contributed by atoms with E-state index in [0.29, 0.717) is 6.61 Å². The largest absolute Gasteiger partial charge is 0.392 e. The van der Waals surface area contributed by atoms with Gasteiger partial charge in [0, 0.05) is 16.6 Å². The quantitative estimate of drug-likeness (QED) is 0.916. The van der Waals surface area contributed by atoms with Gasteiger partial charge in [0.25, 0.3) is 0 Å². The van der Waals surface area contributed by atoms with Crippen LogP contribution in [0.5, 0.6) is 0 Å². The van der Waals surface area contributed by atoms with E-state index in [2.05, 4.69) is 26.2 Å². The summed E-state index contributed by atoms with van der Waals surface area (Å²) < 4.78 is 8.12. The Morgan fingerprint density at radius 3 is 3.12 bits per heavy atom. The third-order valence-electron chi connectivity index (χ3n) is 3.10. The highest BCUT2D eigenvalue weighted by molar-refractivity contribution is 9.10. The SMILES string of the molecule is OCc1c(Br)ccc2c1nnn2C1CCOC1. The molecule has 1 aromatic carbocycles. The monoisotopic (exact) mass is 297 g/mol. The van der Waals surface area contributed by atoms with Crippen LogP contribution in [-0.2, 0) is 11.3 Å². The van der Waals surface area contributed by atoms with Gasteiger partial charge in [-0.25, -0.2) is 4.68 Å². The lowest BCUT2D eigenvalue weighted by molar-refractivity contribution is 0.185. The molecule has 1 N–H and O–H groups in total. The molecule has 17 heavy (non-hydrogen) atoms. The molecule has 0 bridgehead atoms. The van der Waals surface area contributed by atoms with Crippen LogP contribution in [0.25, 0.3) is 11.0 Å². The lowest BCUT2D eigenvalue weighted by Gasteiger charge is -2.09. The Morgan fingerprint density at radius 2 is 2.41 bits per heavy atom. The third-order valence-corrected chi connectivity index (χ3v) is 3.84. The summed E-state index contributed by atoms with van der Waals surface area (Å²) >= 11 is 3.41. The van der Waals surface area contributed by atoms with Crippen molar-refractivity contribution < 1.29 is 9.84 Å². The van der Waals surface area contributed by atoms with E-state index in [0.717, 1.165) is 34.1 Å². The molecule has 3 rings (SSSR count). The van der Waals surface area contributed by atoms with Crippen molar-refractivity contribution >= 4 is 27.0 Å². The molecule has 1 aromatic heterocycles. The van der Waals surface area contributed by atoms with Crippen LogP contribution in [0.4, 0.5) is 0 Å². The maximum absolute atomic E-state index is 9.36. The van der Waals surface area contributed by atoms with E-state index in [1.807, 2.05) is 16.8 Å². The van der Waals surface area contributed by atoms with Gasteiger partial charge in [-0.3, -0.25) is 0 Å². The molecule has 6 heteroatoms. The van der Waals surface area contributed by atoms with E-state index >= 15 is 0 Å². The van der Waals surface area contributed by atoms with Gasteiger partial charge in [0.1, 0.15) is 5.52 Å². The Bertz CT molecular complexity index is 549. The first-order chi connectivity index (χ1) is 8.31. The molecule has 1 aliphatic rings. The summed E-state index contributed by atoms with van der Waals surface area (Å²) in [6.07, 6.45) is 0.961. The van der Waals surface area contributed by atoms with Crippen LogP contribution >= 0.6 is 15.9 Å². The molecule has 0 aliphatic carbocycles. The summed E-state index contributed by atoms with van der Waals surface area (Å²) in [5.74, 6) is 0. The van der Waals surface area contributed by atoms with Gasteiger partial charge in [-0.1, -0.05) is 21.1 Å². The summed E-state index contributed by atoms with van der Waals surface area (Å²) in [6, 6.07) is 4.15. The van der Waals surface area contributed by atoms with Gasteiger partial charge in [0.05, 0.1) is 24.8 Å². The fourth-order valence-electron chi connectivity index (χ4n) is 2.17. The Balaban J connectivity index is 2.15. The Morgan fingerprint density at radius 1 is 1.53 bits per heavy atom. The minimum Gasteiger partial charge on any atom is -0.392 e. The number of benzene rings is 1. The number of rotatable bonds is 2. The standard InChI is InChI=1S/C11H12BrN3O2/c12-9-1-2-10-11(8(9)5-16)13-14-15(10)7-3-4-17-6-7/h1-2,7,16H,3-6H2. The minimum absolute atomic E-state index is 0.0439. The average molecular weight is 298 g/mol. The molecule has 90 valence electrons. The molecule has 0 amide bonds. The van der Waals surface area contributed by atoms with Crippen LogP contribution in [0.3, 0.4) is 0 Å². The fraction of sp³-hybridized carbons (Fsp3) is 0.455. The first kappa shape index (κ1) is 11.1. The van der Waals surface area contributed by atoms with E-state index in [1.165, 1.54) is 0 Å². The second kappa shape index (κ2) is 4.36. The fourth-order valence-corrected chi connectivity index (χ4v) is 2.62. The van der Waals surface area contributed by atoms with Crippen LogP contribution in [0, 0.1) is 0 Å². The van der Waals surface area contributed by atoms with Gasteiger partial charge >= 0.3 is 0 Å². The van der Waals surface area contributed by atoms with Crippen LogP contribution in [0.1, 0.15) is 18.0 Å². The van der Waals surface area contributed by atoms with Gasteiger partial charge in [-0.2, -0.15) is 0 Å². The lowest BCUT2D eigenvalue weighted by Crippen LogP contribution is -2.10. The number of fused-ring (bicyclic) bond motifs is 1. The van der Waals surface area contributed by atoms with Gasteiger partial charge in [0.2, 0.25) is 0 Å². The van der Waals surface area contributed by atoms with Gasteiger partial charge in [-0.15, -0.1) is 5.10 Å². The number of aliphatic hydroxyl groups excluding tert-OH is 1. The molecule has 0 spiro atoms. The Labute approximate surface area is 107 Å². The maximum atomic E-state index is 9.36. The second-order valence-electron chi connectivity index (χ2n) is 4.10. The highest BCUT2D eigenvalue weighted by atomic mass is 79.9. The van der Waals surface area contributed by atoms with Gasteiger partial charge < -0.3 is 9.84 Å². The zero-order chi connectivity index (χ0) is 11.8. The number of aromatic nitrogens is 3. The molecule has 1 saturated heterocycles. The third kappa shape index (κ3) is 1.76. The van der Waals surface area contributed by atoms with E-state index in [1.54, 1.807) is 0 Å². The van der Waals surface area contributed by atoms with Crippen molar-refractivity contribution in [3.63, 3.8) is 0 Å². The number of nitrogens with zero attached hydrogens (tertiary/aromatic N) is 3.